The lowest BCUT2D eigenvalue weighted by Crippen LogP contribution is -2.49. The predicted molar refractivity (Wildman–Crippen MR) is 65.7 cm³/mol. The van der Waals surface area contributed by atoms with Crippen molar-refractivity contribution in [3.05, 3.63) is 0 Å². The Morgan fingerprint density at radius 3 is 1.57 bits per heavy atom. The summed E-state index contributed by atoms with van der Waals surface area (Å²) in [5.74, 6) is 0.799. The van der Waals surface area contributed by atoms with Gasteiger partial charge in [-0.15, -0.1) is 0 Å². The van der Waals surface area contributed by atoms with Crippen LogP contribution in [0, 0.1) is 5.92 Å². The van der Waals surface area contributed by atoms with Gasteiger partial charge in [-0.1, -0.05) is 47.0 Å². The average molecular weight is 199 g/mol. The van der Waals surface area contributed by atoms with Crippen LogP contribution in [0.25, 0.3) is 0 Å². The van der Waals surface area contributed by atoms with Crippen LogP contribution < -0.4 is 0 Å². The van der Waals surface area contributed by atoms with E-state index in [1.165, 1.54) is 32.1 Å². The normalized spacial score (nSPS) is 20.6. The summed E-state index contributed by atoms with van der Waals surface area (Å²) in [6.07, 6.45) is 7.10. The second kappa shape index (κ2) is 6.44. The Hall–Kier alpha value is -0.0400. The maximum absolute atomic E-state index is 2.46. The number of rotatable bonds is 2. The minimum atomic E-state index is 0.512. The topological polar surface area (TPSA) is 3.24 Å². The highest BCUT2D eigenvalue weighted by atomic mass is 15.1. The minimum Gasteiger partial charge on any atom is -0.303 e. The lowest BCUT2D eigenvalue weighted by atomic mass is 9.73. The van der Waals surface area contributed by atoms with E-state index in [-0.39, 0.29) is 0 Å². The standard InChI is InChI=1S/C11H23N.C2H6/c1-10(2)11(12(3)4)8-6-5-7-9-11;1-2/h10H,5-9H2,1-4H3;1-2H3. The van der Waals surface area contributed by atoms with E-state index in [1.54, 1.807) is 0 Å². The van der Waals surface area contributed by atoms with Crippen molar-refractivity contribution >= 4 is 0 Å². The summed E-state index contributed by atoms with van der Waals surface area (Å²) in [5, 5.41) is 0. The van der Waals surface area contributed by atoms with Crippen LogP contribution >= 0.6 is 0 Å². The van der Waals surface area contributed by atoms with Crippen LogP contribution in [-0.4, -0.2) is 24.5 Å². The lowest BCUT2D eigenvalue weighted by Gasteiger charge is -2.46. The van der Waals surface area contributed by atoms with Crippen molar-refractivity contribution in [3.63, 3.8) is 0 Å². The van der Waals surface area contributed by atoms with Crippen LogP contribution in [0.3, 0.4) is 0 Å². The Morgan fingerprint density at radius 1 is 0.929 bits per heavy atom. The third kappa shape index (κ3) is 2.98. The molecule has 86 valence electrons. The summed E-state index contributed by atoms with van der Waals surface area (Å²) in [6, 6.07) is 0. The molecular weight excluding hydrogens is 170 g/mol. The molecule has 1 heteroatoms. The summed E-state index contributed by atoms with van der Waals surface area (Å²) in [7, 11) is 4.48. The molecule has 0 N–H and O–H groups in total. The first-order valence-corrected chi connectivity index (χ1v) is 6.27. The van der Waals surface area contributed by atoms with Gasteiger partial charge in [-0.05, 0) is 32.9 Å². The number of hydrogen-bond acceptors (Lipinski definition) is 1. The van der Waals surface area contributed by atoms with Gasteiger partial charge in [0.2, 0.25) is 0 Å². The largest absolute Gasteiger partial charge is 0.303 e. The molecule has 1 nitrogen and oxygen atoms in total. The van der Waals surface area contributed by atoms with Crippen molar-refractivity contribution in [1.29, 1.82) is 0 Å². The third-order valence-corrected chi connectivity index (χ3v) is 3.68. The van der Waals surface area contributed by atoms with E-state index in [9.17, 15) is 0 Å². The van der Waals surface area contributed by atoms with Gasteiger partial charge in [-0.3, -0.25) is 0 Å². The van der Waals surface area contributed by atoms with Gasteiger partial charge in [0.1, 0.15) is 0 Å². The van der Waals surface area contributed by atoms with Gasteiger partial charge in [-0.2, -0.15) is 0 Å². The van der Waals surface area contributed by atoms with E-state index in [0.717, 1.165) is 5.92 Å². The van der Waals surface area contributed by atoms with E-state index < -0.39 is 0 Å². The summed E-state index contributed by atoms with van der Waals surface area (Å²) >= 11 is 0. The molecule has 0 bridgehead atoms. The molecule has 1 saturated carbocycles. The molecule has 0 atom stereocenters. The first kappa shape index (κ1) is 14.0. The molecule has 0 heterocycles. The molecule has 0 aromatic rings. The van der Waals surface area contributed by atoms with E-state index in [4.69, 9.17) is 0 Å². The highest BCUT2D eigenvalue weighted by molar-refractivity contribution is 4.92. The van der Waals surface area contributed by atoms with Crippen LogP contribution in [0.15, 0.2) is 0 Å². The Balaban J connectivity index is 0.000000791. The summed E-state index contributed by atoms with van der Waals surface area (Å²) in [4.78, 5) is 2.46. The predicted octanol–water partition coefficient (Wildman–Crippen LogP) is 3.93. The monoisotopic (exact) mass is 199 g/mol. The molecule has 1 fully saturated rings. The summed E-state index contributed by atoms with van der Waals surface area (Å²) in [5.41, 5.74) is 0.512. The first-order valence-electron chi connectivity index (χ1n) is 6.27. The van der Waals surface area contributed by atoms with Gasteiger partial charge in [0.15, 0.2) is 0 Å². The van der Waals surface area contributed by atoms with Gasteiger partial charge in [0.25, 0.3) is 0 Å². The third-order valence-electron chi connectivity index (χ3n) is 3.68. The molecule has 0 saturated heterocycles. The molecule has 0 aromatic carbocycles. The van der Waals surface area contributed by atoms with Crippen molar-refractivity contribution < 1.29 is 0 Å². The Labute approximate surface area is 90.9 Å². The van der Waals surface area contributed by atoms with Gasteiger partial charge in [0, 0.05) is 5.54 Å². The van der Waals surface area contributed by atoms with E-state index >= 15 is 0 Å². The molecule has 14 heavy (non-hydrogen) atoms. The highest BCUT2D eigenvalue weighted by Gasteiger charge is 2.36. The molecule has 1 aliphatic rings. The van der Waals surface area contributed by atoms with E-state index in [1.807, 2.05) is 13.8 Å². The second-order valence-corrected chi connectivity index (χ2v) is 4.71. The van der Waals surface area contributed by atoms with Crippen LogP contribution in [0.5, 0.6) is 0 Å². The molecule has 0 amide bonds. The SMILES string of the molecule is CC.CC(C)C1(N(C)C)CCCCC1. The van der Waals surface area contributed by atoms with Crippen LogP contribution in [-0.2, 0) is 0 Å². The molecule has 0 aromatic heterocycles. The van der Waals surface area contributed by atoms with Crippen molar-refractivity contribution in [2.75, 3.05) is 14.1 Å². The fraction of sp³-hybridized carbons (Fsp3) is 1.00. The first-order chi connectivity index (χ1) is 6.59. The Morgan fingerprint density at radius 2 is 1.36 bits per heavy atom. The zero-order valence-corrected chi connectivity index (χ0v) is 11.1. The highest BCUT2D eigenvalue weighted by Crippen LogP contribution is 2.37. The van der Waals surface area contributed by atoms with Gasteiger partial charge >= 0.3 is 0 Å². The van der Waals surface area contributed by atoms with Crippen molar-refractivity contribution in [3.8, 4) is 0 Å². The maximum atomic E-state index is 2.46. The van der Waals surface area contributed by atoms with Gasteiger partial charge in [-0.25, -0.2) is 0 Å². The van der Waals surface area contributed by atoms with Crippen LogP contribution in [0.4, 0.5) is 0 Å². The lowest BCUT2D eigenvalue weighted by molar-refractivity contribution is 0.0526. The maximum Gasteiger partial charge on any atom is 0.0226 e. The fourth-order valence-electron chi connectivity index (χ4n) is 2.70. The van der Waals surface area contributed by atoms with Crippen molar-refractivity contribution in [2.24, 2.45) is 5.92 Å². The molecule has 0 radical (unpaired) electrons. The molecule has 1 aliphatic carbocycles. The molecule has 1 rings (SSSR count). The Bertz CT molecular complexity index is 122. The van der Waals surface area contributed by atoms with Crippen LogP contribution in [0.1, 0.15) is 59.8 Å². The molecule has 0 spiro atoms. The van der Waals surface area contributed by atoms with Crippen molar-refractivity contribution in [1.82, 2.24) is 4.90 Å². The Kier molecular flexibility index (Phi) is 6.43. The van der Waals surface area contributed by atoms with Crippen LogP contribution in [0.2, 0.25) is 0 Å². The summed E-state index contributed by atoms with van der Waals surface area (Å²) < 4.78 is 0. The van der Waals surface area contributed by atoms with Crippen molar-refractivity contribution in [2.45, 2.75) is 65.3 Å². The van der Waals surface area contributed by atoms with E-state index in [0.29, 0.717) is 5.54 Å². The minimum absolute atomic E-state index is 0.512. The zero-order chi connectivity index (χ0) is 11.2. The quantitative estimate of drug-likeness (QED) is 0.651. The number of nitrogens with zero attached hydrogens (tertiary/aromatic N) is 1. The molecular formula is C13H29N. The smallest absolute Gasteiger partial charge is 0.0226 e. The fourth-order valence-corrected chi connectivity index (χ4v) is 2.70. The molecule has 0 aliphatic heterocycles. The second-order valence-electron chi connectivity index (χ2n) is 4.71. The molecule has 0 unspecified atom stereocenters. The van der Waals surface area contributed by atoms with Gasteiger partial charge < -0.3 is 4.90 Å². The van der Waals surface area contributed by atoms with Gasteiger partial charge in [0.05, 0.1) is 0 Å². The zero-order valence-electron chi connectivity index (χ0n) is 11.1. The average Bonchev–Trinajstić information content (AvgIpc) is 2.21. The van der Waals surface area contributed by atoms with E-state index in [2.05, 4.69) is 32.8 Å². The summed E-state index contributed by atoms with van der Waals surface area (Å²) in [6.45, 7) is 8.73. The number of hydrogen-bond donors (Lipinski definition) is 0.